The van der Waals surface area contributed by atoms with Crippen molar-refractivity contribution in [2.75, 3.05) is 6.54 Å². The Hall–Kier alpha value is -1.61. The first-order valence-electron chi connectivity index (χ1n) is 7.48. The Kier molecular flexibility index (Phi) is 5.36. The van der Waals surface area contributed by atoms with Gasteiger partial charge in [0.15, 0.2) is 0 Å². The van der Waals surface area contributed by atoms with Crippen molar-refractivity contribution in [2.45, 2.75) is 39.2 Å². The third-order valence-corrected chi connectivity index (χ3v) is 3.82. The van der Waals surface area contributed by atoms with E-state index in [1.54, 1.807) is 0 Å². The lowest BCUT2D eigenvalue weighted by molar-refractivity contribution is 0.468. The van der Waals surface area contributed by atoms with E-state index in [9.17, 15) is 0 Å². The van der Waals surface area contributed by atoms with Gasteiger partial charge < -0.3 is 5.32 Å². The summed E-state index contributed by atoms with van der Waals surface area (Å²) in [6.07, 6.45) is 5.23. The molecule has 0 saturated carbocycles. The molecule has 0 bridgehead atoms. The summed E-state index contributed by atoms with van der Waals surface area (Å²) in [7, 11) is 2.02. The predicted octanol–water partition coefficient (Wildman–Crippen LogP) is 3.40. The fraction of sp³-hybridized carbons (Fsp3) is 0.471. The van der Waals surface area contributed by atoms with Crippen LogP contribution in [0.5, 0.6) is 0 Å². The summed E-state index contributed by atoms with van der Waals surface area (Å²) in [5.41, 5.74) is 4.09. The number of rotatable bonds is 7. The van der Waals surface area contributed by atoms with E-state index in [0.717, 1.165) is 25.8 Å². The normalized spacial score (nSPS) is 12.6. The summed E-state index contributed by atoms with van der Waals surface area (Å²) < 4.78 is 1.98. The van der Waals surface area contributed by atoms with E-state index < -0.39 is 0 Å². The molecule has 1 N–H and O–H groups in total. The Labute approximate surface area is 122 Å². The molecule has 0 spiro atoms. The first-order valence-corrected chi connectivity index (χ1v) is 7.48. The summed E-state index contributed by atoms with van der Waals surface area (Å²) in [5, 5.41) is 7.94. The lowest BCUT2D eigenvalue weighted by Gasteiger charge is -2.19. The van der Waals surface area contributed by atoms with Crippen LogP contribution in [0.4, 0.5) is 0 Å². The SMILES string of the molecule is CCCNC(CCc1ccccc1C)c1ccnn1C. The summed E-state index contributed by atoms with van der Waals surface area (Å²) in [6, 6.07) is 11.1. The van der Waals surface area contributed by atoms with Crippen LogP contribution in [0.3, 0.4) is 0 Å². The maximum absolute atomic E-state index is 4.29. The van der Waals surface area contributed by atoms with Gasteiger partial charge >= 0.3 is 0 Å². The predicted molar refractivity (Wildman–Crippen MR) is 83.7 cm³/mol. The van der Waals surface area contributed by atoms with E-state index in [1.807, 2.05) is 17.9 Å². The Morgan fingerprint density at radius 2 is 2.05 bits per heavy atom. The van der Waals surface area contributed by atoms with E-state index in [2.05, 4.69) is 54.6 Å². The molecule has 0 saturated heterocycles. The van der Waals surface area contributed by atoms with Gasteiger partial charge in [-0.25, -0.2) is 0 Å². The number of aromatic nitrogens is 2. The first kappa shape index (κ1) is 14.8. The Morgan fingerprint density at radius 3 is 2.70 bits per heavy atom. The molecule has 3 nitrogen and oxygen atoms in total. The van der Waals surface area contributed by atoms with Gasteiger partial charge in [-0.3, -0.25) is 4.68 Å². The zero-order valence-electron chi connectivity index (χ0n) is 12.8. The van der Waals surface area contributed by atoms with Crippen molar-refractivity contribution >= 4 is 0 Å². The molecule has 0 amide bonds. The average Bonchev–Trinajstić information content (AvgIpc) is 2.87. The topological polar surface area (TPSA) is 29.9 Å². The molecule has 1 unspecified atom stereocenters. The lowest BCUT2D eigenvalue weighted by atomic mass is 9.99. The van der Waals surface area contributed by atoms with Gasteiger partial charge in [-0.1, -0.05) is 31.2 Å². The minimum atomic E-state index is 0.377. The van der Waals surface area contributed by atoms with Crippen molar-refractivity contribution in [3.63, 3.8) is 0 Å². The van der Waals surface area contributed by atoms with Crippen LogP contribution in [0, 0.1) is 6.92 Å². The maximum Gasteiger partial charge on any atom is 0.0550 e. The molecule has 1 atom stereocenters. The molecule has 2 aromatic rings. The van der Waals surface area contributed by atoms with Crippen LogP contribution < -0.4 is 5.32 Å². The van der Waals surface area contributed by atoms with Gasteiger partial charge in [0, 0.05) is 19.3 Å². The lowest BCUT2D eigenvalue weighted by Crippen LogP contribution is -2.25. The number of nitrogens with one attached hydrogen (secondary N) is 1. The summed E-state index contributed by atoms with van der Waals surface area (Å²) in [5.74, 6) is 0. The van der Waals surface area contributed by atoms with Crippen molar-refractivity contribution in [3.05, 3.63) is 53.3 Å². The number of benzene rings is 1. The van der Waals surface area contributed by atoms with Crippen LogP contribution in [0.15, 0.2) is 36.5 Å². The smallest absolute Gasteiger partial charge is 0.0550 e. The molecule has 3 heteroatoms. The standard InChI is InChI=1S/C17H25N3/c1-4-12-18-16(17-11-13-19-20(17)3)10-9-15-8-6-5-7-14(15)2/h5-8,11,13,16,18H,4,9-10,12H2,1-3H3. The molecule has 0 radical (unpaired) electrons. The van der Waals surface area contributed by atoms with Crippen LogP contribution >= 0.6 is 0 Å². The van der Waals surface area contributed by atoms with Gasteiger partial charge in [0.05, 0.1) is 5.69 Å². The number of nitrogens with zero attached hydrogens (tertiary/aromatic N) is 2. The van der Waals surface area contributed by atoms with Gasteiger partial charge in [0.1, 0.15) is 0 Å². The molecule has 1 heterocycles. The third kappa shape index (κ3) is 3.70. The Bertz CT molecular complexity index is 531. The van der Waals surface area contributed by atoms with E-state index >= 15 is 0 Å². The van der Waals surface area contributed by atoms with E-state index in [-0.39, 0.29) is 0 Å². The molecule has 0 aliphatic carbocycles. The maximum atomic E-state index is 4.29. The second-order valence-electron chi connectivity index (χ2n) is 5.35. The summed E-state index contributed by atoms with van der Waals surface area (Å²) in [4.78, 5) is 0. The van der Waals surface area contributed by atoms with Gasteiger partial charge in [-0.2, -0.15) is 5.10 Å². The molecular weight excluding hydrogens is 246 g/mol. The van der Waals surface area contributed by atoms with Crippen LogP contribution in [-0.4, -0.2) is 16.3 Å². The number of hydrogen-bond acceptors (Lipinski definition) is 2. The largest absolute Gasteiger partial charge is 0.309 e. The molecule has 2 rings (SSSR count). The van der Waals surface area contributed by atoms with Crippen molar-refractivity contribution < 1.29 is 0 Å². The van der Waals surface area contributed by atoms with Gasteiger partial charge in [-0.15, -0.1) is 0 Å². The fourth-order valence-electron chi connectivity index (χ4n) is 2.59. The van der Waals surface area contributed by atoms with Crippen molar-refractivity contribution in [1.82, 2.24) is 15.1 Å². The first-order chi connectivity index (χ1) is 9.72. The quantitative estimate of drug-likeness (QED) is 0.836. The van der Waals surface area contributed by atoms with Crippen molar-refractivity contribution in [1.29, 1.82) is 0 Å². The third-order valence-electron chi connectivity index (χ3n) is 3.82. The average molecular weight is 271 g/mol. The zero-order valence-corrected chi connectivity index (χ0v) is 12.8. The Morgan fingerprint density at radius 1 is 1.25 bits per heavy atom. The van der Waals surface area contributed by atoms with Crippen molar-refractivity contribution in [3.8, 4) is 0 Å². The second-order valence-corrected chi connectivity index (χ2v) is 5.35. The monoisotopic (exact) mass is 271 g/mol. The molecule has 0 aliphatic rings. The summed E-state index contributed by atoms with van der Waals surface area (Å²) in [6.45, 7) is 5.44. The molecule has 1 aromatic heterocycles. The van der Waals surface area contributed by atoms with Crippen molar-refractivity contribution in [2.24, 2.45) is 7.05 Å². The highest BCUT2D eigenvalue weighted by atomic mass is 15.3. The van der Waals surface area contributed by atoms with Crippen LogP contribution in [0.1, 0.15) is 42.6 Å². The van der Waals surface area contributed by atoms with Crippen LogP contribution in [0.25, 0.3) is 0 Å². The highest BCUT2D eigenvalue weighted by molar-refractivity contribution is 5.26. The zero-order chi connectivity index (χ0) is 14.4. The van der Waals surface area contributed by atoms with Crippen LogP contribution in [0.2, 0.25) is 0 Å². The summed E-state index contributed by atoms with van der Waals surface area (Å²) >= 11 is 0. The fourth-order valence-corrected chi connectivity index (χ4v) is 2.59. The Balaban J connectivity index is 2.05. The number of hydrogen-bond donors (Lipinski definition) is 1. The molecule has 1 aromatic carbocycles. The van der Waals surface area contributed by atoms with Gasteiger partial charge in [0.25, 0.3) is 0 Å². The van der Waals surface area contributed by atoms with E-state index in [0.29, 0.717) is 6.04 Å². The molecular formula is C17H25N3. The highest BCUT2D eigenvalue weighted by Gasteiger charge is 2.14. The molecule has 0 fully saturated rings. The highest BCUT2D eigenvalue weighted by Crippen LogP contribution is 2.20. The molecule has 20 heavy (non-hydrogen) atoms. The minimum absolute atomic E-state index is 0.377. The van der Waals surface area contributed by atoms with Crippen LogP contribution in [-0.2, 0) is 13.5 Å². The second kappa shape index (κ2) is 7.25. The molecule has 0 aliphatic heterocycles. The van der Waals surface area contributed by atoms with Gasteiger partial charge in [0.2, 0.25) is 0 Å². The van der Waals surface area contributed by atoms with E-state index in [4.69, 9.17) is 0 Å². The minimum Gasteiger partial charge on any atom is -0.309 e. The van der Waals surface area contributed by atoms with Gasteiger partial charge in [-0.05, 0) is 49.9 Å². The van der Waals surface area contributed by atoms with E-state index in [1.165, 1.54) is 16.8 Å². The molecule has 108 valence electrons. The number of aryl methyl sites for hydroxylation is 3.